The van der Waals surface area contributed by atoms with Crippen LogP contribution in [0.3, 0.4) is 0 Å². The number of carboxylic acids is 1. The third-order valence-electron chi connectivity index (χ3n) is 1.34. The van der Waals surface area contributed by atoms with Gasteiger partial charge in [0.15, 0.2) is 0 Å². The van der Waals surface area contributed by atoms with Crippen LogP contribution in [0.2, 0.25) is 0 Å². The molecule has 0 amide bonds. The summed E-state index contributed by atoms with van der Waals surface area (Å²) in [5.74, 6) is -0.831. The number of ether oxygens (including phenoxy) is 1. The minimum absolute atomic E-state index is 0. The zero-order valence-electron chi connectivity index (χ0n) is 7.26. The van der Waals surface area contributed by atoms with Crippen LogP contribution in [-0.2, 0) is 0 Å². The maximum Gasteiger partial charge on any atom is 0.339 e. The molecule has 0 unspecified atom stereocenters. The molecule has 1 heterocycles. The van der Waals surface area contributed by atoms with Gasteiger partial charge in [-0.1, -0.05) is 0 Å². The van der Waals surface area contributed by atoms with Crippen molar-refractivity contribution in [3.05, 3.63) is 17.7 Å². The first kappa shape index (κ1) is 15.3. The van der Waals surface area contributed by atoms with Crippen molar-refractivity contribution >= 4 is 36.6 Å². The Morgan fingerprint density at radius 1 is 1.50 bits per heavy atom. The standard InChI is InChI=1S/C7H8N2O3.2ClH/c1-12-5-3-2-4(7(10)11)6(8)9-5;;/h2-3H,1H3,(H2,8,9)(H,10,11);2*1H. The lowest BCUT2D eigenvalue weighted by Crippen LogP contribution is -2.04. The normalized spacial score (nSPS) is 8.07. The van der Waals surface area contributed by atoms with Gasteiger partial charge in [0.25, 0.3) is 0 Å². The predicted octanol–water partition coefficient (Wildman–Crippen LogP) is 1.21. The molecule has 0 fully saturated rings. The van der Waals surface area contributed by atoms with Crippen LogP contribution in [0.15, 0.2) is 12.1 Å². The summed E-state index contributed by atoms with van der Waals surface area (Å²) in [7, 11) is 1.43. The molecule has 3 N–H and O–H groups in total. The van der Waals surface area contributed by atoms with E-state index in [0.29, 0.717) is 5.88 Å². The van der Waals surface area contributed by atoms with Gasteiger partial charge < -0.3 is 15.6 Å². The van der Waals surface area contributed by atoms with Gasteiger partial charge >= 0.3 is 5.97 Å². The van der Waals surface area contributed by atoms with Crippen molar-refractivity contribution in [1.29, 1.82) is 0 Å². The van der Waals surface area contributed by atoms with Crippen LogP contribution in [0.1, 0.15) is 10.4 Å². The lowest BCUT2D eigenvalue weighted by molar-refractivity contribution is 0.0697. The molecule has 0 aliphatic rings. The molecule has 80 valence electrons. The SMILES string of the molecule is COc1ccc(C(=O)O)c(N)n1.Cl.Cl. The Morgan fingerprint density at radius 3 is 2.43 bits per heavy atom. The smallest absolute Gasteiger partial charge is 0.339 e. The minimum Gasteiger partial charge on any atom is -0.481 e. The van der Waals surface area contributed by atoms with E-state index in [0.717, 1.165) is 0 Å². The summed E-state index contributed by atoms with van der Waals surface area (Å²) in [5.41, 5.74) is 5.31. The van der Waals surface area contributed by atoms with Crippen molar-refractivity contribution in [2.45, 2.75) is 0 Å². The average Bonchev–Trinajstić information content (AvgIpc) is 2.03. The number of nitrogens with zero attached hydrogens (tertiary/aromatic N) is 1. The number of nitrogen functional groups attached to an aromatic ring is 1. The van der Waals surface area contributed by atoms with Crippen LogP contribution < -0.4 is 10.5 Å². The molecular weight excluding hydrogens is 231 g/mol. The molecule has 0 atom stereocenters. The fourth-order valence-corrected chi connectivity index (χ4v) is 0.751. The number of rotatable bonds is 2. The van der Waals surface area contributed by atoms with Crippen molar-refractivity contribution in [3.63, 3.8) is 0 Å². The van der Waals surface area contributed by atoms with E-state index in [1.807, 2.05) is 0 Å². The van der Waals surface area contributed by atoms with E-state index < -0.39 is 5.97 Å². The number of nitrogens with two attached hydrogens (primary N) is 1. The maximum atomic E-state index is 10.5. The zero-order valence-corrected chi connectivity index (χ0v) is 8.89. The van der Waals surface area contributed by atoms with Gasteiger partial charge in [0.1, 0.15) is 11.4 Å². The number of aromatic nitrogens is 1. The van der Waals surface area contributed by atoms with Crippen LogP contribution in [0, 0.1) is 0 Å². The van der Waals surface area contributed by atoms with E-state index in [1.165, 1.54) is 19.2 Å². The lowest BCUT2D eigenvalue weighted by atomic mass is 10.2. The second-order valence-corrected chi connectivity index (χ2v) is 2.09. The number of pyridine rings is 1. The quantitative estimate of drug-likeness (QED) is 0.812. The molecule has 14 heavy (non-hydrogen) atoms. The van der Waals surface area contributed by atoms with Crippen LogP contribution in [0.5, 0.6) is 5.88 Å². The van der Waals surface area contributed by atoms with Crippen molar-refractivity contribution in [2.75, 3.05) is 12.8 Å². The van der Waals surface area contributed by atoms with Gasteiger partial charge in [-0.2, -0.15) is 4.98 Å². The molecule has 5 nitrogen and oxygen atoms in total. The molecule has 0 saturated carbocycles. The molecule has 0 radical (unpaired) electrons. The summed E-state index contributed by atoms with van der Waals surface area (Å²) in [6.07, 6.45) is 0. The highest BCUT2D eigenvalue weighted by molar-refractivity contribution is 5.92. The van der Waals surface area contributed by atoms with Crippen LogP contribution in [0.4, 0.5) is 5.82 Å². The van der Waals surface area contributed by atoms with E-state index in [1.54, 1.807) is 0 Å². The number of methoxy groups -OCH3 is 1. The van der Waals surface area contributed by atoms with Gasteiger partial charge in [-0.25, -0.2) is 4.79 Å². The first-order chi connectivity index (χ1) is 5.65. The summed E-state index contributed by atoms with van der Waals surface area (Å²) >= 11 is 0. The van der Waals surface area contributed by atoms with Crippen molar-refractivity contribution in [3.8, 4) is 5.88 Å². The number of carboxylic acid groups (broad SMARTS) is 1. The molecule has 1 rings (SSSR count). The number of aromatic carboxylic acids is 1. The van der Waals surface area contributed by atoms with Gasteiger partial charge in [0, 0.05) is 6.07 Å². The first-order valence-electron chi connectivity index (χ1n) is 3.19. The molecular formula is C7H10Cl2N2O3. The molecule has 7 heteroatoms. The van der Waals surface area contributed by atoms with Gasteiger partial charge in [0.2, 0.25) is 5.88 Å². The van der Waals surface area contributed by atoms with Gasteiger partial charge in [-0.3, -0.25) is 0 Å². The topological polar surface area (TPSA) is 85.4 Å². The Kier molecular flexibility index (Phi) is 6.86. The van der Waals surface area contributed by atoms with Gasteiger partial charge in [-0.15, -0.1) is 24.8 Å². The molecule has 0 spiro atoms. The Hall–Kier alpha value is -1.20. The second-order valence-electron chi connectivity index (χ2n) is 2.09. The fourth-order valence-electron chi connectivity index (χ4n) is 0.751. The molecule has 0 aliphatic heterocycles. The van der Waals surface area contributed by atoms with Gasteiger partial charge in [-0.05, 0) is 6.07 Å². The first-order valence-corrected chi connectivity index (χ1v) is 3.19. The van der Waals surface area contributed by atoms with Gasteiger partial charge in [0.05, 0.1) is 7.11 Å². The van der Waals surface area contributed by atoms with Crippen LogP contribution in [-0.4, -0.2) is 23.2 Å². The monoisotopic (exact) mass is 240 g/mol. The van der Waals surface area contributed by atoms with Crippen LogP contribution in [0.25, 0.3) is 0 Å². The molecule has 0 bridgehead atoms. The van der Waals surface area contributed by atoms with E-state index in [9.17, 15) is 4.79 Å². The summed E-state index contributed by atoms with van der Waals surface area (Å²) in [6, 6.07) is 2.79. The van der Waals surface area contributed by atoms with Crippen molar-refractivity contribution in [2.24, 2.45) is 0 Å². The Labute approximate surface area is 93.1 Å². The highest BCUT2D eigenvalue weighted by atomic mass is 35.5. The number of halogens is 2. The van der Waals surface area contributed by atoms with Crippen molar-refractivity contribution < 1.29 is 14.6 Å². The highest BCUT2D eigenvalue weighted by Gasteiger charge is 2.08. The van der Waals surface area contributed by atoms with Crippen molar-refractivity contribution in [1.82, 2.24) is 4.98 Å². The Bertz CT molecular complexity index is 320. The Balaban J connectivity index is 0. The number of carbonyl (C=O) groups is 1. The maximum absolute atomic E-state index is 10.5. The summed E-state index contributed by atoms with van der Waals surface area (Å²) < 4.78 is 4.75. The summed E-state index contributed by atoms with van der Waals surface area (Å²) in [5, 5.41) is 8.57. The lowest BCUT2D eigenvalue weighted by Gasteiger charge is -2.01. The average molecular weight is 241 g/mol. The van der Waals surface area contributed by atoms with E-state index >= 15 is 0 Å². The Morgan fingerprint density at radius 2 is 2.07 bits per heavy atom. The molecule has 0 aliphatic carbocycles. The van der Waals surface area contributed by atoms with Crippen LogP contribution >= 0.6 is 24.8 Å². The molecule has 1 aromatic rings. The second kappa shape index (κ2) is 6.28. The van der Waals surface area contributed by atoms with E-state index in [2.05, 4.69) is 4.98 Å². The summed E-state index contributed by atoms with van der Waals surface area (Å²) in [4.78, 5) is 14.1. The van der Waals surface area contributed by atoms with E-state index in [4.69, 9.17) is 15.6 Å². The third-order valence-corrected chi connectivity index (χ3v) is 1.34. The number of hydrogen-bond acceptors (Lipinski definition) is 4. The highest BCUT2D eigenvalue weighted by Crippen LogP contribution is 2.13. The molecule has 0 saturated heterocycles. The zero-order chi connectivity index (χ0) is 9.14. The summed E-state index contributed by atoms with van der Waals surface area (Å²) in [6.45, 7) is 0. The molecule has 1 aromatic heterocycles. The number of anilines is 1. The molecule has 0 aromatic carbocycles. The number of hydrogen-bond donors (Lipinski definition) is 2. The minimum atomic E-state index is -1.09. The predicted molar refractivity (Wildman–Crippen MR) is 56.7 cm³/mol. The third kappa shape index (κ3) is 3.27. The van der Waals surface area contributed by atoms with E-state index in [-0.39, 0.29) is 36.2 Å². The largest absolute Gasteiger partial charge is 0.481 e. The fraction of sp³-hybridized carbons (Fsp3) is 0.143.